The number of nitrogens with zero attached hydrogens (tertiary/aromatic N) is 3. The Morgan fingerprint density at radius 2 is 1.83 bits per heavy atom. The number of benzene rings is 1. The van der Waals surface area contributed by atoms with Gasteiger partial charge in [-0.05, 0) is 55.8 Å². The molecule has 4 heteroatoms. The highest BCUT2D eigenvalue weighted by Gasteiger charge is 2.19. The molecule has 1 aromatic heterocycles. The van der Waals surface area contributed by atoms with Gasteiger partial charge < -0.3 is 14.2 Å². The van der Waals surface area contributed by atoms with Crippen LogP contribution in [0.25, 0.3) is 11.0 Å². The Morgan fingerprint density at radius 3 is 2.47 bits per heavy atom. The van der Waals surface area contributed by atoms with Crippen LogP contribution < -0.4 is 4.74 Å². The zero-order valence-corrected chi connectivity index (χ0v) is 20.6. The minimum atomic E-state index is 0.353. The van der Waals surface area contributed by atoms with Crippen LogP contribution in [-0.2, 0) is 13.0 Å². The van der Waals surface area contributed by atoms with Crippen LogP contribution in [0.15, 0.2) is 18.2 Å². The van der Waals surface area contributed by atoms with E-state index in [1.165, 1.54) is 30.6 Å². The lowest BCUT2D eigenvalue weighted by Crippen LogP contribution is -2.25. The van der Waals surface area contributed by atoms with E-state index in [4.69, 9.17) is 9.72 Å². The van der Waals surface area contributed by atoms with E-state index in [0.29, 0.717) is 11.3 Å². The Kier molecular flexibility index (Phi) is 9.67. The molecule has 0 spiro atoms. The predicted molar refractivity (Wildman–Crippen MR) is 129 cm³/mol. The molecule has 0 saturated carbocycles. The summed E-state index contributed by atoms with van der Waals surface area (Å²) < 4.78 is 8.55. The third-order valence-corrected chi connectivity index (χ3v) is 5.81. The summed E-state index contributed by atoms with van der Waals surface area (Å²) in [6.07, 6.45) is 5.68. The fourth-order valence-electron chi connectivity index (χ4n) is 4.41. The molecule has 30 heavy (non-hydrogen) atoms. The monoisotopic (exact) mass is 415 g/mol. The van der Waals surface area contributed by atoms with Gasteiger partial charge in [-0.3, -0.25) is 0 Å². The van der Waals surface area contributed by atoms with E-state index in [1.54, 1.807) is 0 Å². The summed E-state index contributed by atoms with van der Waals surface area (Å²) in [5.74, 6) is 2.82. The molecule has 0 aliphatic heterocycles. The van der Waals surface area contributed by atoms with Crippen LogP contribution in [0.2, 0.25) is 0 Å². The first-order chi connectivity index (χ1) is 14.3. The molecule has 0 amide bonds. The number of fused-ring (bicyclic) bond motifs is 1. The van der Waals surface area contributed by atoms with Gasteiger partial charge >= 0.3 is 0 Å². The normalized spacial score (nSPS) is 13.3. The third-order valence-electron chi connectivity index (χ3n) is 5.81. The molecule has 4 nitrogen and oxygen atoms in total. The zero-order valence-electron chi connectivity index (χ0n) is 20.6. The molecule has 1 heterocycles. The fraction of sp³-hybridized carbons (Fsp3) is 0.731. The standard InChI is InChI=1S/C26H45N3O/c1-8-11-16-29-24-19-22(30-17-12-15-28(9-2)10-3)13-14-23(24)27-25(29)18-21(4)20-26(5,6)7/h13-14,19,21H,8-12,15-18,20H2,1-7H3. The highest BCUT2D eigenvalue weighted by atomic mass is 16.5. The molecule has 0 saturated heterocycles. The minimum Gasteiger partial charge on any atom is -0.493 e. The summed E-state index contributed by atoms with van der Waals surface area (Å²) in [6.45, 7) is 21.1. The van der Waals surface area contributed by atoms with Crippen LogP contribution in [0.1, 0.15) is 80.0 Å². The number of imidazole rings is 1. The van der Waals surface area contributed by atoms with Crippen molar-refractivity contribution in [2.24, 2.45) is 11.3 Å². The quantitative estimate of drug-likeness (QED) is 0.347. The van der Waals surface area contributed by atoms with Crippen LogP contribution >= 0.6 is 0 Å². The summed E-state index contributed by atoms with van der Waals surface area (Å²) in [6, 6.07) is 6.42. The maximum absolute atomic E-state index is 6.10. The second kappa shape index (κ2) is 11.7. The van der Waals surface area contributed by atoms with Crippen LogP contribution in [0.4, 0.5) is 0 Å². The lowest BCUT2D eigenvalue weighted by molar-refractivity contribution is 0.249. The predicted octanol–water partition coefficient (Wildman–Crippen LogP) is 6.56. The van der Waals surface area contributed by atoms with Crippen molar-refractivity contribution in [2.75, 3.05) is 26.2 Å². The van der Waals surface area contributed by atoms with Crippen molar-refractivity contribution in [3.63, 3.8) is 0 Å². The van der Waals surface area contributed by atoms with Crippen molar-refractivity contribution in [3.05, 3.63) is 24.0 Å². The van der Waals surface area contributed by atoms with Gasteiger partial charge in [-0.25, -0.2) is 4.98 Å². The first-order valence-electron chi connectivity index (χ1n) is 12.1. The maximum Gasteiger partial charge on any atom is 0.121 e. The van der Waals surface area contributed by atoms with E-state index in [-0.39, 0.29) is 0 Å². The molecule has 2 aromatic rings. The summed E-state index contributed by atoms with van der Waals surface area (Å²) in [5, 5.41) is 0. The van der Waals surface area contributed by atoms with Gasteiger partial charge in [-0.2, -0.15) is 0 Å². The Morgan fingerprint density at radius 1 is 1.10 bits per heavy atom. The number of ether oxygens (including phenoxy) is 1. The molecular weight excluding hydrogens is 370 g/mol. The molecule has 170 valence electrons. The molecule has 0 aliphatic rings. The Hall–Kier alpha value is -1.55. The number of aromatic nitrogens is 2. The molecular formula is C26H45N3O. The second-order valence-corrected chi connectivity index (χ2v) is 9.99. The van der Waals surface area contributed by atoms with Crippen molar-refractivity contribution in [1.82, 2.24) is 14.5 Å². The Balaban J connectivity index is 2.13. The molecule has 1 aromatic carbocycles. The summed E-state index contributed by atoms with van der Waals surface area (Å²) in [5.41, 5.74) is 2.67. The van der Waals surface area contributed by atoms with Crippen LogP contribution in [0, 0.1) is 11.3 Å². The highest BCUT2D eigenvalue weighted by molar-refractivity contribution is 5.77. The smallest absolute Gasteiger partial charge is 0.121 e. The topological polar surface area (TPSA) is 30.3 Å². The number of aryl methyl sites for hydroxylation is 1. The number of unbranched alkanes of at least 4 members (excludes halogenated alkanes) is 1. The van der Waals surface area contributed by atoms with Crippen LogP contribution in [0.5, 0.6) is 5.75 Å². The molecule has 2 rings (SSSR count). The van der Waals surface area contributed by atoms with Gasteiger partial charge in [0.25, 0.3) is 0 Å². The van der Waals surface area contributed by atoms with Gasteiger partial charge in [0.15, 0.2) is 0 Å². The molecule has 0 fully saturated rings. The third kappa shape index (κ3) is 7.61. The van der Waals surface area contributed by atoms with E-state index in [0.717, 1.165) is 56.9 Å². The average Bonchev–Trinajstić information content (AvgIpc) is 3.01. The van der Waals surface area contributed by atoms with E-state index in [2.05, 4.69) is 76.1 Å². The minimum absolute atomic E-state index is 0.353. The van der Waals surface area contributed by atoms with E-state index in [9.17, 15) is 0 Å². The Labute approximate surface area is 185 Å². The summed E-state index contributed by atoms with van der Waals surface area (Å²) in [4.78, 5) is 7.46. The van der Waals surface area contributed by atoms with E-state index in [1.807, 2.05) is 0 Å². The first kappa shape index (κ1) is 24.7. The van der Waals surface area contributed by atoms with Gasteiger partial charge in [0.2, 0.25) is 0 Å². The van der Waals surface area contributed by atoms with Crippen molar-refractivity contribution in [2.45, 2.75) is 87.1 Å². The number of rotatable bonds is 13. The first-order valence-corrected chi connectivity index (χ1v) is 12.1. The van der Waals surface area contributed by atoms with Gasteiger partial charge in [-0.1, -0.05) is 54.9 Å². The largest absolute Gasteiger partial charge is 0.493 e. The molecule has 1 atom stereocenters. The maximum atomic E-state index is 6.10. The average molecular weight is 416 g/mol. The fourth-order valence-corrected chi connectivity index (χ4v) is 4.41. The summed E-state index contributed by atoms with van der Waals surface area (Å²) >= 11 is 0. The van der Waals surface area contributed by atoms with Crippen LogP contribution in [-0.4, -0.2) is 40.7 Å². The molecule has 0 bridgehead atoms. The van der Waals surface area contributed by atoms with Crippen molar-refractivity contribution in [3.8, 4) is 5.75 Å². The van der Waals surface area contributed by atoms with Crippen molar-refractivity contribution < 1.29 is 4.74 Å². The van der Waals surface area contributed by atoms with E-state index < -0.39 is 0 Å². The SMILES string of the molecule is CCCCn1c(CC(C)CC(C)(C)C)nc2ccc(OCCCN(CC)CC)cc21. The van der Waals surface area contributed by atoms with E-state index >= 15 is 0 Å². The number of hydrogen-bond donors (Lipinski definition) is 0. The second-order valence-electron chi connectivity index (χ2n) is 9.99. The Bertz CT molecular complexity index is 755. The molecule has 1 unspecified atom stereocenters. The van der Waals surface area contributed by atoms with Gasteiger partial charge in [-0.15, -0.1) is 0 Å². The van der Waals surface area contributed by atoms with Crippen LogP contribution in [0.3, 0.4) is 0 Å². The molecule has 0 N–H and O–H groups in total. The summed E-state index contributed by atoms with van der Waals surface area (Å²) in [7, 11) is 0. The molecule has 0 radical (unpaired) electrons. The van der Waals surface area contributed by atoms with Gasteiger partial charge in [0, 0.05) is 25.6 Å². The van der Waals surface area contributed by atoms with Crippen molar-refractivity contribution in [1.29, 1.82) is 0 Å². The highest BCUT2D eigenvalue weighted by Crippen LogP contribution is 2.28. The zero-order chi connectivity index (χ0) is 22.1. The van der Waals surface area contributed by atoms with Crippen molar-refractivity contribution >= 4 is 11.0 Å². The lowest BCUT2D eigenvalue weighted by Gasteiger charge is -2.23. The number of hydrogen-bond acceptors (Lipinski definition) is 3. The lowest BCUT2D eigenvalue weighted by atomic mass is 9.84. The van der Waals surface area contributed by atoms with Gasteiger partial charge in [0.05, 0.1) is 17.6 Å². The van der Waals surface area contributed by atoms with Gasteiger partial charge in [0.1, 0.15) is 11.6 Å². The molecule has 0 aliphatic carbocycles.